The van der Waals surface area contributed by atoms with Gasteiger partial charge in [-0.2, -0.15) is 0 Å². The normalized spacial score (nSPS) is 16.1. The second-order valence-corrected chi connectivity index (χ2v) is 4.93. The molecule has 1 aromatic carbocycles. The number of nitrogens with zero attached hydrogens (tertiary/aromatic N) is 1. The molecule has 96 valence electrons. The third-order valence-electron chi connectivity index (χ3n) is 3.17. The molecule has 1 atom stereocenters. The first kappa shape index (κ1) is 12.8. The van der Waals surface area contributed by atoms with Crippen LogP contribution in [-0.4, -0.2) is 31.8 Å². The standard InChI is InChI=1S/C14H18N2O2/c1-9-4-5-12-11(6-9)13(17)14(18)16(12)8-10(2)7-15-3/h4-6,10,15H,7-8H2,1-3H3. The molecule has 1 heterocycles. The summed E-state index contributed by atoms with van der Waals surface area (Å²) in [4.78, 5) is 25.5. The molecule has 4 heteroatoms. The zero-order valence-corrected chi connectivity index (χ0v) is 11.0. The summed E-state index contributed by atoms with van der Waals surface area (Å²) < 4.78 is 0. The summed E-state index contributed by atoms with van der Waals surface area (Å²) in [6.45, 7) is 5.37. The van der Waals surface area contributed by atoms with Crippen molar-refractivity contribution in [3.8, 4) is 0 Å². The average Bonchev–Trinajstić information content (AvgIpc) is 2.55. The number of hydrogen-bond donors (Lipinski definition) is 1. The van der Waals surface area contributed by atoms with E-state index >= 15 is 0 Å². The van der Waals surface area contributed by atoms with Gasteiger partial charge in [-0.05, 0) is 38.6 Å². The number of Topliss-reactive ketones (excluding diaryl/α,β-unsaturated/α-hetero) is 1. The van der Waals surface area contributed by atoms with Crippen LogP contribution in [0.4, 0.5) is 5.69 Å². The Morgan fingerprint density at radius 2 is 2.06 bits per heavy atom. The van der Waals surface area contributed by atoms with Gasteiger partial charge in [-0.1, -0.05) is 18.6 Å². The summed E-state index contributed by atoms with van der Waals surface area (Å²) in [7, 11) is 1.88. The molecule has 18 heavy (non-hydrogen) atoms. The summed E-state index contributed by atoms with van der Waals surface area (Å²) in [5, 5.41) is 3.08. The Morgan fingerprint density at radius 3 is 2.72 bits per heavy atom. The van der Waals surface area contributed by atoms with Crippen LogP contribution in [0, 0.1) is 12.8 Å². The second kappa shape index (κ2) is 4.90. The van der Waals surface area contributed by atoms with Gasteiger partial charge in [-0.3, -0.25) is 9.59 Å². The van der Waals surface area contributed by atoms with Gasteiger partial charge in [0.1, 0.15) is 0 Å². The van der Waals surface area contributed by atoms with Gasteiger partial charge in [-0.25, -0.2) is 0 Å². The number of amides is 1. The number of benzene rings is 1. The molecule has 1 amide bonds. The predicted octanol–water partition coefficient (Wildman–Crippen LogP) is 1.38. The van der Waals surface area contributed by atoms with Crippen molar-refractivity contribution in [2.75, 3.05) is 25.0 Å². The van der Waals surface area contributed by atoms with Gasteiger partial charge in [0.25, 0.3) is 11.7 Å². The van der Waals surface area contributed by atoms with Crippen molar-refractivity contribution in [2.24, 2.45) is 5.92 Å². The second-order valence-electron chi connectivity index (χ2n) is 4.93. The minimum atomic E-state index is -0.404. The maximum Gasteiger partial charge on any atom is 0.299 e. The molecule has 0 fully saturated rings. The average molecular weight is 246 g/mol. The lowest BCUT2D eigenvalue weighted by molar-refractivity contribution is -0.114. The molecule has 4 nitrogen and oxygen atoms in total. The lowest BCUT2D eigenvalue weighted by Gasteiger charge is -2.21. The first-order valence-corrected chi connectivity index (χ1v) is 6.16. The molecule has 1 aliphatic heterocycles. The van der Waals surface area contributed by atoms with Crippen molar-refractivity contribution in [3.63, 3.8) is 0 Å². The highest BCUT2D eigenvalue weighted by Gasteiger charge is 2.36. The molecule has 0 spiro atoms. The highest BCUT2D eigenvalue weighted by atomic mass is 16.2. The van der Waals surface area contributed by atoms with Crippen LogP contribution in [0.25, 0.3) is 0 Å². The smallest absolute Gasteiger partial charge is 0.299 e. The number of carbonyl (C=O) groups excluding carboxylic acids is 2. The molecule has 0 saturated carbocycles. The summed E-state index contributed by atoms with van der Waals surface area (Å²) in [6.07, 6.45) is 0. The van der Waals surface area contributed by atoms with E-state index < -0.39 is 5.91 Å². The van der Waals surface area contributed by atoms with Gasteiger partial charge in [0.2, 0.25) is 0 Å². The number of carbonyl (C=O) groups is 2. The van der Waals surface area contributed by atoms with E-state index in [1.165, 1.54) is 0 Å². The van der Waals surface area contributed by atoms with E-state index in [1.807, 2.05) is 26.1 Å². The van der Waals surface area contributed by atoms with Crippen LogP contribution in [0.1, 0.15) is 22.8 Å². The summed E-state index contributed by atoms with van der Waals surface area (Å²) in [5.41, 5.74) is 2.29. The van der Waals surface area contributed by atoms with Gasteiger partial charge in [0.15, 0.2) is 0 Å². The molecule has 0 saturated heterocycles. The minimum Gasteiger partial charge on any atom is -0.319 e. The lowest BCUT2D eigenvalue weighted by atomic mass is 10.1. The first-order chi connectivity index (χ1) is 8.54. The third kappa shape index (κ3) is 2.16. The zero-order valence-electron chi connectivity index (χ0n) is 11.0. The fourth-order valence-corrected chi connectivity index (χ4v) is 2.32. The number of ketones is 1. The quantitative estimate of drug-likeness (QED) is 0.817. The highest BCUT2D eigenvalue weighted by Crippen LogP contribution is 2.30. The molecule has 0 radical (unpaired) electrons. The summed E-state index contributed by atoms with van der Waals surface area (Å²) in [5.74, 6) is -0.483. The SMILES string of the molecule is CNCC(C)CN1C(=O)C(=O)c2cc(C)ccc21. The van der Waals surface area contributed by atoms with E-state index in [1.54, 1.807) is 11.0 Å². The molecule has 1 aliphatic rings. The Hall–Kier alpha value is -1.68. The molecule has 1 N–H and O–H groups in total. The molecule has 1 unspecified atom stereocenters. The number of hydrogen-bond acceptors (Lipinski definition) is 3. The number of nitrogens with one attached hydrogen (secondary N) is 1. The molecule has 0 aliphatic carbocycles. The van der Waals surface area contributed by atoms with E-state index in [2.05, 4.69) is 12.2 Å². The molecule has 0 bridgehead atoms. The topological polar surface area (TPSA) is 49.4 Å². The van der Waals surface area contributed by atoms with Gasteiger partial charge in [0.05, 0.1) is 11.3 Å². The van der Waals surface area contributed by atoms with Crippen molar-refractivity contribution in [3.05, 3.63) is 29.3 Å². The van der Waals surface area contributed by atoms with Crippen molar-refractivity contribution >= 4 is 17.4 Å². The van der Waals surface area contributed by atoms with Crippen LogP contribution < -0.4 is 10.2 Å². The maximum atomic E-state index is 12.0. The van der Waals surface area contributed by atoms with Crippen LogP contribution in [0.15, 0.2) is 18.2 Å². The first-order valence-electron chi connectivity index (χ1n) is 6.16. The Bertz CT molecular complexity index is 497. The molecule has 1 aromatic rings. The van der Waals surface area contributed by atoms with E-state index in [0.717, 1.165) is 17.8 Å². The van der Waals surface area contributed by atoms with Crippen LogP contribution in [-0.2, 0) is 4.79 Å². The Balaban J connectivity index is 2.29. The largest absolute Gasteiger partial charge is 0.319 e. The van der Waals surface area contributed by atoms with Crippen molar-refractivity contribution in [2.45, 2.75) is 13.8 Å². The van der Waals surface area contributed by atoms with Crippen LogP contribution in [0.3, 0.4) is 0 Å². The highest BCUT2D eigenvalue weighted by molar-refractivity contribution is 6.52. The fraction of sp³-hybridized carbons (Fsp3) is 0.429. The third-order valence-corrected chi connectivity index (χ3v) is 3.17. The number of aryl methyl sites for hydroxylation is 1. The van der Waals surface area contributed by atoms with E-state index in [9.17, 15) is 9.59 Å². The molecular weight excluding hydrogens is 228 g/mol. The Morgan fingerprint density at radius 1 is 1.33 bits per heavy atom. The van der Waals surface area contributed by atoms with Crippen molar-refractivity contribution in [1.82, 2.24) is 5.32 Å². The van der Waals surface area contributed by atoms with Gasteiger partial charge < -0.3 is 10.2 Å². The van der Waals surface area contributed by atoms with Crippen LogP contribution >= 0.6 is 0 Å². The van der Waals surface area contributed by atoms with Gasteiger partial charge in [-0.15, -0.1) is 0 Å². The number of anilines is 1. The fourth-order valence-electron chi connectivity index (χ4n) is 2.32. The molecular formula is C14H18N2O2. The zero-order chi connectivity index (χ0) is 13.3. The van der Waals surface area contributed by atoms with Crippen molar-refractivity contribution in [1.29, 1.82) is 0 Å². The molecule has 0 aromatic heterocycles. The van der Waals surface area contributed by atoms with E-state index in [4.69, 9.17) is 0 Å². The van der Waals surface area contributed by atoms with E-state index in [-0.39, 0.29) is 5.78 Å². The van der Waals surface area contributed by atoms with Crippen LogP contribution in [0.2, 0.25) is 0 Å². The van der Waals surface area contributed by atoms with Gasteiger partial charge in [0, 0.05) is 6.54 Å². The Labute approximate surface area is 107 Å². The van der Waals surface area contributed by atoms with Crippen molar-refractivity contribution < 1.29 is 9.59 Å². The minimum absolute atomic E-state index is 0.305. The Kier molecular flexibility index (Phi) is 3.48. The summed E-state index contributed by atoms with van der Waals surface area (Å²) >= 11 is 0. The monoisotopic (exact) mass is 246 g/mol. The summed E-state index contributed by atoms with van der Waals surface area (Å²) in [6, 6.07) is 5.58. The number of rotatable bonds is 4. The molecule has 2 rings (SSSR count). The predicted molar refractivity (Wildman–Crippen MR) is 71.0 cm³/mol. The lowest BCUT2D eigenvalue weighted by Crippen LogP contribution is -2.36. The van der Waals surface area contributed by atoms with Crippen LogP contribution in [0.5, 0.6) is 0 Å². The van der Waals surface area contributed by atoms with Gasteiger partial charge >= 0.3 is 0 Å². The van der Waals surface area contributed by atoms with E-state index in [0.29, 0.717) is 18.0 Å². The number of fused-ring (bicyclic) bond motifs is 1. The maximum absolute atomic E-state index is 12.0.